The summed E-state index contributed by atoms with van der Waals surface area (Å²) in [6, 6.07) is 11.5. The van der Waals surface area contributed by atoms with Crippen LogP contribution in [0.25, 0.3) is 0 Å². The Kier molecular flexibility index (Phi) is 6.47. The normalized spacial score (nSPS) is 20.3. The van der Waals surface area contributed by atoms with Crippen LogP contribution in [0.15, 0.2) is 46.8 Å². The molecule has 2 heterocycles. The van der Waals surface area contributed by atoms with E-state index in [0.717, 1.165) is 58.2 Å². The first-order valence-corrected chi connectivity index (χ1v) is 11.1. The Morgan fingerprint density at radius 2 is 1.97 bits per heavy atom. The summed E-state index contributed by atoms with van der Waals surface area (Å²) in [5.74, 6) is 0.630. The minimum absolute atomic E-state index is 0.0999. The van der Waals surface area contributed by atoms with Crippen LogP contribution in [0.4, 0.5) is 4.39 Å². The molecule has 2 aliphatic rings. The van der Waals surface area contributed by atoms with E-state index in [4.69, 9.17) is 4.74 Å². The number of benzene rings is 1. The number of halogens is 1. The molecule has 7 heteroatoms. The van der Waals surface area contributed by atoms with Crippen molar-refractivity contribution in [3.05, 3.63) is 58.0 Å². The Balaban J connectivity index is 1.35. The number of nitrogens with zero attached hydrogens (tertiary/aromatic N) is 2. The molecule has 1 aliphatic heterocycles. The third-order valence-corrected chi connectivity index (χ3v) is 6.92. The molecule has 1 aliphatic carbocycles. The van der Waals surface area contributed by atoms with Gasteiger partial charge in [-0.3, -0.25) is 9.89 Å². The predicted molar refractivity (Wildman–Crippen MR) is 116 cm³/mol. The van der Waals surface area contributed by atoms with Crippen LogP contribution in [0, 0.1) is 5.82 Å². The summed E-state index contributed by atoms with van der Waals surface area (Å²) in [6.07, 6.45) is 2.24. The highest BCUT2D eigenvalue weighted by atomic mass is 32.1. The van der Waals surface area contributed by atoms with Crippen molar-refractivity contribution in [1.29, 1.82) is 0 Å². The van der Waals surface area contributed by atoms with Crippen molar-refractivity contribution in [2.24, 2.45) is 4.99 Å². The summed E-state index contributed by atoms with van der Waals surface area (Å²) < 4.78 is 18.8. The van der Waals surface area contributed by atoms with Crippen molar-refractivity contribution in [2.75, 3.05) is 46.4 Å². The third kappa shape index (κ3) is 4.97. The topological polar surface area (TPSA) is 48.9 Å². The van der Waals surface area contributed by atoms with Crippen molar-refractivity contribution in [2.45, 2.75) is 24.3 Å². The molecule has 4 rings (SSSR count). The number of rotatable bonds is 7. The smallest absolute Gasteiger partial charge is 0.191 e. The number of ether oxygens (including phenoxy) is 1. The third-order valence-electron chi connectivity index (χ3n) is 5.95. The Bertz CT molecular complexity index is 799. The molecule has 156 valence electrons. The highest BCUT2D eigenvalue weighted by molar-refractivity contribution is 7.10. The van der Waals surface area contributed by atoms with Crippen LogP contribution in [-0.2, 0) is 10.2 Å². The first kappa shape index (κ1) is 20.3. The van der Waals surface area contributed by atoms with Gasteiger partial charge in [0.25, 0.3) is 0 Å². The van der Waals surface area contributed by atoms with Crippen LogP contribution >= 0.6 is 11.3 Å². The number of thiophene rings is 1. The SMILES string of the molecule is CN=C(NCC(c1cccs1)N1CCOCC1)NCC1(c2ccc(F)cc2)CC1. The van der Waals surface area contributed by atoms with E-state index in [0.29, 0.717) is 6.04 Å². The molecule has 1 aromatic carbocycles. The molecule has 0 bridgehead atoms. The molecule has 1 aromatic heterocycles. The van der Waals surface area contributed by atoms with E-state index >= 15 is 0 Å². The van der Waals surface area contributed by atoms with Gasteiger partial charge in [0, 0.05) is 43.5 Å². The molecular weight excluding hydrogens is 387 g/mol. The zero-order valence-electron chi connectivity index (χ0n) is 16.9. The van der Waals surface area contributed by atoms with E-state index in [2.05, 4.69) is 38.0 Å². The Morgan fingerprint density at radius 3 is 2.59 bits per heavy atom. The maximum Gasteiger partial charge on any atom is 0.191 e. The van der Waals surface area contributed by atoms with Crippen LogP contribution in [0.5, 0.6) is 0 Å². The fraction of sp³-hybridized carbons (Fsp3) is 0.500. The maximum absolute atomic E-state index is 13.3. The highest BCUT2D eigenvalue weighted by Crippen LogP contribution is 2.47. The van der Waals surface area contributed by atoms with Gasteiger partial charge in [-0.25, -0.2) is 4.39 Å². The second-order valence-electron chi connectivity index (χ2n) is 7.77. The van der Waals surface area contributed by atoms with Crippen molar-refractivity contribution in [1.82, 2.24) is 15.5 Å². The van der Waals surface area contributed by atoms with Gasteiger partial charge >= 0.3 is 0 Å². The van der Waals surface area contributed by atoms with Gasteiger partial charge in [0.2, 0.25) is 0 Å². The minimum atomic E-state index is -0.183. The Hall–Kier alpha value is -1.96. The van der Waals surface area contributed by atoms with Gasteiger partial charge in [0.05, 0.1) is 19.3 Å². The first-order chi connectivity index (χ1) is 14.2. The number of hydrogen-bond acceptors (Lipinski definition) is 4. The van der Waals surface area contributed by atoms with Crippen molar-refractivity contribution < 1.29 is 9.13 Å². The largest absolute Gasteiger partial charge is 0.379 e. The van der Waals surface area contributed by atoms with E-state index < -0.39 is 0 Å². The number of aliphatic imine (C=N–C) groups is 1. The molecular formula is C22H29FN4OS. The van der Waals surface area contributed by atoms with Crippen LogP contribution < -0.4 is 10.6 Å². The van der Waals surface area contributed by atoms with E-state index in [1.807, 2.05) is 19.2 Å². The predicted octanol–water partition coefficient (Wildman–Crippen LogP) is 3.16. The average Bonchev–Trinajstić information content (AvgIpc) is 3.35. The summed E-state index contributed by atoms with van der Waals surface area (Å²) in [5, 5.41) is 9.15. The summed E-state index contributed by atoms with van der Waals surface area (Å²) in [7, 11) is 1.81. The monoisotopic (exact) mass is 416 g/mol. The molecule has 1 saturated carbocycles. The number of hydrogen-bond donors (Lipinski definition) is 2. The second kappa shape index (κ2) is 9.24. The molecule has 1 saturated heterocycles. The van der Waals surface area contributed by atoms with E-state index in [1.54, 1.807) is 23.5 Å². The van der Waals surface area contributed by atoms with E-state index in [-0.39, 0.29) is 11.2 Å². The summed E-state index contributed by atoms with van der Waals surface area (Å²) >= 11 is 1.80. The minimum Gasteiger partial charge on any atom is -0.379 e. The fourth-order valence-electron chi connectivity index (χ4n) is 3.97. The molecule has 2 fully saturated rings. The lowest BCUT2D eigenvalue weighted by atomic mass is 9.96. The first-order valence-electron chi connectivity index (χ1n) is 10.3. The molecule has 0 spiro atoms. The zero-order valence-corrected chi connectivity index (χ0v) is 17.7. The molecule has 1 unspecified atom stereocenters. The van der Waals surface area contributed by atoms with Gasteiger partial charge in [-0.15, -0.1) is 11.3 Å². The van der Waals surface area contributed by atoms with E-state index in [9.17, 15) is 4.39 Å². The summed E-state index contributed by atoms with van der Waals surface area (Å²) in [5.41, 5.74) is 1.30. The van der Waals surface area contributed by atoms with Gasteiger partial charge in [0.15, 0.2) is 5.96 Å². The van der Waals surface area contributed by atoms with Gasteiger partial charge in [0.1, 0.15) is 5.82 Å². The van der Waals surface area contributed by atoms with E-state index in [1.165, 1.54) is 10.4 Å². The summed E-state index contributed by atoms with van der Waals surface area (Å²) in [6.45, 7) is 5.07. The van der Waals surface area contributed by atoms with Crippen molar-refractivity contribution >= 4 is 17.3 Å². The average molecular weight is 417 g/mol. The summed E-state index contributed by atoms with van der Waals surface area (Å²) in [4.78, 5) is 8.26. The van der Waals surface area contributed by atoms with Crippen LogP contribution in [0.3, 0.4) is 0 Å². The molecule has 0 radical (unpaired) electrons. The lowest BCUT2D eigenvalue weighted by Gasteiger charge is -2.34. The standard InChI is InChI=1S/C22H29FN4OS/c1-24-21(26-16-22(8-9-22)17-4-6-18(23)7-5-17)25-15-19(20-3-2-14-29-20)27-10-12-28-13-11-27/h2-7,14,19H,8-13,15-16H2,1H3,(H2,24,25,26). The lowest BCUT2D eigenvalue weighted by Crippen LogP contribution is -2.47. The molecule has 1 atom stereocenters. The molecule has 2 aromatic rings. The van der Waals surface area contributed by atoms with Gasteiger partial charge in [-0.05, 0) is 42.0 Å². The van der Waals surface area contributed by atoms with Crippen molar-refractivity contribution in [3.63, 3.8) is 0 Å². The molecule has 2 N–H and O–H groups in total. The fourth-order valence-corrected chi connectivity index (χ4v) is 4.83. The van der Waals surface area contributed by atoms with Gasteiger partial charge < -0.3 is 15.4 Å². The zero-order chi connectivity index (χ0) is 20.1. The molecule has 5 nitrogen and oxygen atoms in total. The Morgan fingerprint density at radius 1 is 1.21 bits per heavy atom. The maximum atomic E-state index is 13.3. The van der Waals surface area contributed by atoms with Crippen LogP contribution in [0.2, 0.25) is 0 Å². The number of guanidine groups is 1. The van der Waals surface area contributed by atoms with Crippen LogP contribution in [0.1, 0.15) is 29.3 Å². The molecule has 0 amide bonds. The Labute approximate surface area is 176 Å². The van der Waals surface area contributed by atoms with Crippen molar-refractivity contribution in [3.8, 4) is 0 Å². The quantitative estimate of drug-likeness (QED) is 0.538. The van der Waals surface area contributed by atoms with Crippen LogP contribution in [-0.4, -0.2) is 57.3 Å². The second-order valence-corrected chi connectivity index (χ2v) is 8.75. The highest BCUT2D eigenvalue weighted by Gasteiger charge is 2.44. The van der Waals surface area contributed by atoms with Gasteiger partial charge in [-0.2, -0.15) is 0 Å². The van der Waals surface area contributed by atoms with Gasteiger partial charge in [-0.1, -0.05) is 18.2 Å². The lowest BCUT2D eigenvalue weighted by molar-refractivity contribution is 0.0177. The number of morpholine rings is 1. The number of nitrogens with one attached hydrogen (secondary N) is 2. The molecule has 29 heavy (non-hydrogen) atoms.